The van der Waals surface area contributed by atoms with E-state index in [1.807, 2.05) is 31.2 Å². The quantitative estimate of drug-likeness (QED) is 0.710. The first-order valence-electron chi connectivity index (χ1n) is 8.52. The summed E-state index contributed by atoms with van der Waals surface area (Å²) in [7, 11) is 0. The van der Waals surface area contributed by atoms with Crippen molar-refractivity contribution in [3.05, 3.63) is 101 Å². The smallest absolute Gasteiger partial charge is 0.255 e. The zero-order valence-electron chi connectivity index (χ0n) is 14.8. The minimum absolute atomic E-state index is 0.286. The van der Waals surface area contributed by atoms with Crippen LogP contribution in [0.15, 0.2) is 72.8 Å². The number of carbonyl (C=O) groups is 2. The molecule has 0 aromatic heterocycles. The maximum Gasteiger partial charge on any atom is 0.255 e. The highest BCUT2D eigenvalue weighted by atomic mass is 19.1. The Balaban J connectivity index is 1.70. The summed E-state index contributed by atoms with van der Waals surface area (Å²) in [6.07, 6.45) is 0. The largest absolute Gasteiger partial charge is 0.348 e. The van der Waals surface area contributed by atoms with E-state index in [-0.39, 0.29) is 5.91 Å². The van der Waals surface area contributed by atoms with Crippen LogP contribution in [0.1, 0.15) is 31.8 Å². The first-order valence-corrected chi connectivity index (χ1v) is 8.52. The van der Waals surface area contributed by atoms with E-state index in [0.717, 1.165) is 11.1 Å². The second-order valence-electron chi connectivity index (χ2n) is 6.17. The van der Waals surface area contributed by atoms with Gasteiger partial charge in [-0.2, -0.15) is 0 Å². The number of para-hydroxylation sites is 1. The molecule has 0 aliphatic carbocycles. The highest BCUT2D eigenvalue weighted by Crippen LogP contribution is 2.17. The number of rotatable bonds is 5. The second kappa shape index (κ2) is 8.27. The molecule has 0 atom stereocenters. The van der Waals surface area contributed by atoms with Crippen LogP contribution < -0.4 is 10.6 Å². The summed E-state index contributed by atoms with van der Waals surface area (Å²) in [6, 6.07) is 19.9. The molecule has 27 heavy (non-hydrogen) atoms. The molecular formula is C22H19FN2O2. The minimum Gasteiger partial charge on any atom is -0.348 e. The Morgan fingerprint density at radius 1 is 0.852 bits per heavy atom. The summed E-state index contributed by atoms with van der Waals surface area (Å²) in [5.74, 6) is -1.11. The van der Waals surface area contributed by atoms with Gasteiger partial charge in [0.05, 0.1) is 11.3 Å². The first-order chi connectivity index (χ1) is 13.0. The van der Waals surface area contributed by atoms with Gasteiger partial charge in [-0.3, -0.25) is 9.59 Å². The van der Waals surface area contributed by atoms with Crippen molar-refractivity contribution in [3.8, 4) is 0 Å². The molecule has 0 radical (unpaired) electrons. The number of amides is 2. The Labute approximate surface area is 157 Å². The molecule has 4 nitrogen and oxygen atoms in total. The lowest BCUT2D eigenvalue weighted by atomic mass is 10.1. The molecule has 0 aliphatic rings. The Hall–Kier alpha value is -3.47. The summed E-state index contributed by atoms with van der Waals surface area (Å²) < 4.78 is 13.0. The number of carbonyl (C=O) groups excluding carboxylic acids is 2. The zero-order valence-corrected chi connectivity index (χ0v) is 14.8. The fourth-order valence-electron chi connectivity index (χ4n) is 2.57. The Kier molecular flexibility index (Phi) is 5.61. The molecule has 2 amide bonds. The van der Waals surface area contributed by atoms with Gasteiger partial charge < -0.3 is 10.6 Å². The van der Waals surface area contributed by atoms with Gasteiger partial charge in [0.2, 0.25) is 0 Å². The van der Waals surface area contributed by atoms with Gasteiger partial charge in [-0.15, -0.1) is 0 Å². The van der Waals surface area contributed by atoms with Crippen LogP contribution in [-0.2, 0) is 6.54 Å². The van der Waals surface area contributed by atoms with Gasteiger partial charge >= 0.3 is 0 Å². The highest BCUT2D eigenvalue weighted by Gasteiger charge is 2.14. The normalized spacial score (nSPS) is 10.3. The molecule has 0 saturated heterocycles. The molecule has 0 fully saturated rings. The summed E-state index contributed by atoms with van der Waals surface area (Å²) in [6.45, 7) is 2.39. The highest BCUT2D eigenvalue weighted by molar-refractivity contribution is 6.08. The lowest BCUT2D eigenvalue weighted by Gasteiger charge is -2.12. The molecule has 0 heterocycles. The summed E-state index contributed by atoms with van der Waals surface area (Å²) >= 11 is 0. The van der Waals surface area contributed by atoms with Crippen molar-refractivity contribution in [2.45, 2.75) is 13.5 Å². The second-order valence-corrected chi connectivity index (χ2v) is 6.17. The Bertz CT molecular complexity index is 951. The van der Waals surface area contributed by atoms with Crippen molar-refractivity contribution in [3.63, 3.8) is 0 Å². The SMILES string of the molecule is Cc1ccc(CNC(=O)c2ccccc2NC(=O)c2ccc(F)cc2)cc1. The van der Waals surface area contributed by atoms with E-state index in [9.17, 15) is 14.0 Å². The van der Waals surface area contributed by atoms with E-state index in [1.54, 1.807) is 24.3 Å². The fourth-order valence-corrected chi connectivity index (χ4v) is 2.57. The van der Waals surface area contributed by atoms with Gasteiger partial charge in [0.15, 0.2) is 0 Å². The van der Waals surface area contributed by atoms with Crippen LogP contribution in [-0.4, -0.2) is 11.8 Å². The number of halogens is 1. The monoisotopic (exact) mass is 362 g/mol. The Morgan fingerprint density at radius 3 is 2.22 bits per heavy atom. The average Bonchev–Trinajstić information content (AvgIpc) is 2.68. The third kappa shape index (κ3) is 4.79. The number of anilines is 1. The van der Waals surface area contributed by atoms with Crippen LogP contribution in [0.3, 0.4) is 0 Å². The predicted octanol–water partition coefficient (Wildman–Crippen LogP) is 4.32. The number of hydrogen-bond acceptors (Lipinski definition) is 2. The van der Waals surface area contributed by atoms with Crippen molar-refractivity contribution in [2.75, 3.05) is 5.32 Å². The van der Waals surface area contributed by atoms with Crippen molar-refractivity contribution in [1.29, 1.82) is 0 Å². The standard InChI is InChI=1S/C22H19FN2O2/c1-15-6-8-16(9-7-15)14-24-22(27)19-4-2-3-5-20(19)25-21(26)17-10-12-18(23)13-11-17/h2-13H,14H2,1H3,(H,24,27)(H,25,26). The molecule has 136 valence electrons. The van der Waals surface area contributed by atoms with Crippen molar-refractivity contribution < 1.29 is 14.0 Å². The van der Waals surface area contributed by atoms with E-state index in [0.29, 0.717) is 23.4 Å². The molecule has 0 saturated carbocycles. The van der Waals surface area contributed by atoms with Gasteiger partial charge in [-0.25, -0.2) is 4.39 Å². The molecule has 2 N–H and O–H groups in total. The van der Waals surface area contributed by atoms with Gasteiger partial charge in [0.1, 0.15) is 5.82 Å². The lowest BCUT2D eigenvalue weighted by molar-refractivity contribution is 0.0952. The number of hydrogen-bond donors (Lipinski definition) is 2. The van der Waals surface area contributed by atoms with E-state index in [2.05, 4.69) is 10.6 Å². The van der Waals surface area contributed by atoms with Gasteiger partial charge in [0.25, 0.3) is 11.8 Å². The Morgan fingerprint density at radius 2 is 1.52 bits per heavy atom. The van der Waals surface area contributed by atoms with Gasteiger partial charge in [-0.1, -0.05) is 42.0 Å². The van der Waals surface area contributed by atoms with Crippen LogP contribution in [0, 0.1) is 12.7 Å². The molecule has 3 aromatic rings. The van der Waals surface area contributed by atoms with Crippen LogP contribution >= 0.6 is 0 Å². The molecule has 5 heteroatoms. The third-order valence-electron chi connectivity index (χ3n) is 4.10. The number of nitrogens with one attached hydrogen (secondary N) is 2. The van der Waals surface area contributed by atoms with Crippen molar-refractivity contribution in [1.82, 2.24) is 5.32 Å². The van der Waals surface area contributed by atoms with E-state index in [4.69, 9.17) is 0 Å². The molecule has 3 aromatic carbocycles. The molecule has 0 spiro atoms. The van der Waals surface area contributed by atoms with E-state index < -0.39 is 11.7 Å². The maximum absolute atomic E-state index is 13.0. The molecular weight excluding hydrogens is 343 g/mol. The molecule has 0 unspecified atom stereocenters. The average molecular weight is 362 g/mol. The van der Waals surface area contributed by atoms with E-state index in [1.165, 1.54) is 24.3 Å². The molecule has 0 aliphatic heterocycles. The van der Waals surface area contributed by atoms with Crippen LogP contribution in [0.4, 0.5) is 10.1 Å². The summed E-state index contributed by atoms with van der Waals surface area (Å²) in [4.78, 5) is 24.9. The van der Waals surface area contributed by atoms with Crippen molar-refractivity contribution in [2.24, 2.45) is 0 Å². The first kappa shape index (κ1) is 18.3. The maximum atomic E-state index is 13.0. The lowest BCUT2D eigenvalue weighted by Crippen LogP contribution is -2.24. The summed E-state index contributed by atoms with van der Waals surface area (Å²) in [5.41, 5.74) is 3.21. The number of aryl methyl sites for hydroxylation is 1. The third-order valence-corrected chi connectivity index (χ3v) is 4.10. The van der Waals surface area contributed by atoms with E-state index >= 15 is 0 Å². The topological polar surface area (TPSA) is 58.2 Å². The van der Waals surface area contributed by atoms with Crippen LogP contribution in [0.5, 0.6) is 0 Å². The van der Waals surface area contributed by atoms with Gasteiger partial charge in [0, 0.05) is 12.1 Å². The van der Waals surface area contributed by atoms with Gasteiger partial charge in [-0.05, 0) is 48.9 Å². The fraction of sp³-hybridized carbons (Fsp3) is 0.0909. The summed E-state index contributed by atoms with van der Waals surface area (Å²) in [5, 5.41) is 5.57. The van der Waals surface area contributed by atoms with Crippen LogP contribution in [0.2, 0.25) is 0 Å². The molecule has 0 bridgehead atoms. The zero-order chi connectivity index (χ0) is 19.2. The van der Waals surface area contributed by atoms with Crippen molar-refractivity contribution >= 4 is 17.5 Å². The minimum atomic E-state index is -0.414. The van der Waals surface area contributed by atoms with Crippen LogP contribution in [0.25, 0.3) is 0 Å². The molecule has 3 rings (SSSR count). The predicted molar refractivity (Wildman–Crippen MR) is 103 cm³/mol. The number of benzene rings is 3.